The van der Waals surface area contributed by atoms with Gasteiger partial charge < -0.3 is 0 Å². The monoisotopic (exact) mass is 781 g/mol. The maximum Gasteiger partial charge on any atom is 0.164 e. The molecule has 0 aliphatic heterocycles. The van der Waals surface area contributed by atoms with Crippen molar-refractivity contribution in [1.29, 1.82) is 0 Å². The minimum Gasteiger partial charge on any atom is -0.226 e. The number of rotatable bonds is 5. The molecule has 0 amide bonds. The summed E-state index contributed by atoms with van der Waals surface area (Å²) in [5.41, 5.74) is 6.83. The van der Waals surface area contributed by atoms with Gasteiger partial charge in [0.1, 0.15) is 0 Å². The predicted molar refractivity (Wildman–Crippen MR) is 241 cm³/mol. The molecule has 0 saturated heterocycles. The Kier molecular flexibility index (Phi) is 7.38. The SMILES string of the molecule is c1ccc(-c2nc(-c3ccc4sc5ccccc5c4c3)nc(-c3cccc4sc5ccc(-c6nc(-c7ccccc7)nc7c6sc6ccccc67)cc5c34)n2)cc1. The molecular formula is C49H27N5S3. The van der Waals surface area contributed by atoms with Gasteiger partial charge in [0.25, 0.3) is 0 Å². The molecular weight excluding hydrogens is 755 g/mol. The van der Waals surface area contributed by atoms with Crippen LogP contribution >= 0.6 is 34.0 Å². The topological polar surface area (TPSA) is 64.5 Å². The van der Waals surface area contributed by atoms with E-state index in [1.165, 1.54) is 34.3 Å². The van der Waals surface area contributed by atoms with E-state index in [1.54, 1.807) is 22.7 Å². The van der Waals surface area contributed by atoms with E-state index in [2.05, 4.69) is 127 Å². The lowest BCUT2D eigenvalue weighted by atomic mass is 10.0. The van der Waals surface area contributed by atoms with Crippen molar-refractivity contribution < 1.29 is 0 Å². The van der Waals surface area contributed by atoms with Crippen molar-refractivity contribution >= 4 is 94.7 Å². The van der Waals surface area contributed by atoms with Crippen molar-refractivity contribution in [3.05, 3.63) is 164 Å². The largest absolute Gasteiger partial charge is 0.226 e. The molecule has 0 aliphatic carbocycles. The highest BCUT2D eigenvalue weighted by atomic mass is 32.1. The smallest absolute Gasteiger partial charge is 0.164 e. The second-order valence-electron chi connectivity index (χ2n) is 14.0. The molecule has 7 aromatic carbocycles. The molecule has 12 rings (SSSR count). The molecule has 0 unspecified atom stereocenters. The summed E-state index contributed by atoms with van der Waals surface area (Å²) in [6.45, 7) is 0. The summed E-state index contributed by atoms with van der Waals surface area (Å²) < 4.78 is 7.17. The third kappa shape index (κ3) is 5.37. The second kappa shape index (κ2) is 12.9. The minimum absolute atomic E-state index is 0.643. The summed E-state index contributed by atoms with van der Waals surface area (Å²) in [5.74, 6) is 2.65. The van der Waals surface area contributed by atoms with Gasteiger partial charge in [0, 0.05) is 78.2 Å². The first-order valence-corrected chi connectivity index (χ1v) is 21.1. The van der Waals surface area contributed by atoms with E-state index in [1.807, 2.05) is 47.7 Å². The maximum atomic E-state index is 5.29. The van der Waals surface area contributed by atoms with Gasteiger partial charge in [0.2, 0.25) is 0 Å². The zero-order chi connectivity index (χ0) is 37.5. The summed E-state index contributed by atoms with van der Waals surface area (Å²) >= 11 is 5.35. The minimum atomic E-state index is 0.643. The number of hydrogen-bond donors (Lipinski definition) is 0. The number of thiophene rings is 3. The summed E-state index contributed by atoms with van der Waals surface area (Å²) in [7, 11) is 0. The maximum absolute atomic E-state index is 5.29. The number of aromatic nitrogens is 5. The Balaban J connectivity index is 1.08. The first-order chi connectivity index (χ1) is 28.2. The molecule has 0 fully saturated rings. The second-order valence-corrected chi connectivity index (χ2v) is 17.2. The first-order valence-electron chi connectivity index (χ1n) is 18.7. The fourth-order valence-electron chi connectivity index (χ4n) is 7.87. The van der Waals surface area contributed by atoms with E-state index < -0.39 is 0 Å². The van der Waals surface area contributed by atoms with Gasteiger partial charge in [-0.15, -0.1) is 34.0 Å². The zero-order valence-corrected chi connectivity index (χ0v) is 32.5. The van der Waals surface area contributed by atoms with Crippen LogP contribution in [0.5, 0.6) is 0 Å². The Bertz CT molecular complexity index is 3530. The molecule has 12 aromatic rings. The Labute approximate surface area is 338 Å². The average Bonchev–Trinajstić information content (AvgIpc) is 3.97. The molecule has 0 atom stereocenters. The van der Waals surface area contributed by atoms with E-state index in [0.717, 1.165) is 65.7 Å². The zero-order valence-electron chi connectivity index (χ0n) is 30.0. The number of benzene rings is 7. The average molecular weight is 782 g/mol. The summed E-state index contributed by atoms with van der Waals surface area (Å²) in [6.07, 6.45) is 0. The Morgan fingerprint density at radius 1 is 0.316 bits per heavy atom. The predicted octanol–water partition coefficient (Wildman–Crippen LogP) is 14.1. The molecule has 5 nitrogen and oxygen atoms in total. The van der Waals surface area contributed by atoms with E-state index in [9.17, 15) is 0 Å². The quantitative estimate of drug-likeness (QED) is 0.174. The van der Waals surface area contributed by atoms with Gasteiger partial charge in [-0.25, -0.2) is 24.9 Å². The fraction of sp³-hybridized carbons (Fsp3) is 0. The Hall–Kier alpha value is -6.71. The molecule has 0 spiro atoms. The lowest BCUT2D eigenvalue weighted by Crippen LogP contribution is -2.00. The third-order valence-electron chi connectivity index (χ3n) is 10.6. The highest BCUT2D eigenvalue weighted by Gasteiger charge is 2.21. The molecule has 0 aliphatic rings. The molecule has 5 aromatic heterocycles. The molecule has 0 radical (unpaired) electrons. The van der Waals surface area contributed by atoms with Crippen LogP contribution in [-0.4, -0.2) is 24.9 Å². The molecule has 57 heavy (non-hydrogen) atoms. The van der Waals surface area contributed by atoms with Crippen LogP contribution in [0.3, 0.4) is 0 Å². The van der Waals surface area contributed by atoms with Gasteiger partial charge in [-0.2, -0.15) is 0 Å². The van der Waals surface area contributed by atoms with Crippen LogP contribution in [-0.2, 0) is 0 Å². The first kappa shape index (κ1) is 32.5. The van der Waals surface area contributed by atoms with Gasteiger partial charge >= 0.3 is 0 Å². The molecule has 5 heterocycles. The lowest BCUT2D eigenvalue weighted by Gasteiger charge is -2.10. The molecule has 266 valence electrons. The van der Waals surface area contributed by atoms with E-state index in [0.29, 0.717) is 17.5 Å². The fourth-order valence-corrected chi connectivity index (χ4v) is 11.2. The number of hydrogen-bond acceptors (Lipinski definition) is 8. The van der Waals surface area contributed by atoms with Crippen molar-refractivity contribution in [3.63, 3.8) is 0 Å². The van der Waals surface area contributed by atoms with Crippen LogP contribution in [0.15, 0.2) is 164 Å². The van der Waals surface area contributed by atoms with Crippen molar-refractivity contribution in [2.75, 3.05) is 0 Å². The molecule has 0 saturated carbocycles. The van der Waals surface area contributed by atoms with E-state index in [4.69, 9.17) is 24.9 Å². The number of fused-ring (bicyclic) bond motifs is 9. The summed E-state index contributed by atoms with van der Waals surface area (Å²) in [6, 6.07) is 57.3. The van der Waals surface area contributed by atoms with Crippen LogP contribution in [0.1, 0.15) is 0 Å². The summed E-state index contributed by atoms with van der Waals surface area (Å²) in [5, 5.41) is 5.87. The van der Waals surface area contributed by atoms with Gasteiger partial charge in [0.05, 0.1) is 15.9 Å². The van der Waals surface area contributed by atoms with Crippen LogP contribution in [0.25, 0.3) is 117 Å². The van der Waals surface area contributed by atoms with Crippen LogP contribution < -0.4 is 0 Å². The lowest BCUT2D eigenvalue weighted by molar-refractivity contribution is 1.08. The summed E-state index contributed by atoms with van der Waals surface area (Å²) in [4.78, 5) is 26.0. The highest BCUT2D eigenvalue weighted by Crippen LogP contribution is 2.44. The van der Waals surface area contributed by atoms with Crippen molar-refractivity contribution in [3.8, 4) is 56.8 Å². The van der Waals surface area contributed by atoms with Gasteiger partial charge in [0.15, 0.2) is 23.3 Å². The molecule has 0 bridgehead atoms. The molecule has 8 heteroatoms. The van der Waals surface area contributed by atoms with E-state index >= 15 is 0 Å². The van der Waals surface area contributed by atoms with E-state index in [-0.39, 0.29) is 0 Å². The third-order valence-corrected chi connectivity index (χ3v) is 14.0. The van der Waals surface area contributed by atoms with Crippen LogP contribution in [0.4, 0.5) is 0 Å². The van der Waals surface area contributed by atoms with Crippen LogP contribution in [0.2, 0.25) is 0 Å². The standard InChI is InChI=1S/C49H27N5S3/c1-3-12-28(13-4-1)46-50-43(45-44(51-46)33-17-8-10-20-38(33)57-45)30-22-24-40-36(26-30)42-34(18-11-21-41(42)56-40)49-53-47(29-14-5-2-6-15-29)52-48(54-49)31-23-25-39-35(27-31)32-16-7-9-19-37(32)55-39/h1-27H. The Morgan fingerprint density at radius 3 is 1.63 bits per heavy atom. The van der Waals surface area contributed by atoms with Gasteiger partial charge in [-0.1, -0.05) is 115 Å². The van der Waals surface area contributed by atoms with Crippen LogP contribution in [0, 0.1) is 0 Å². The molecule has 0 N–H and O–H groups in total. The number of nitrogens with zero attached hydrogens (tertiary/aromatic N) is 5. The van der Waals surface area contributed by atoms with Gasteiger partial charge in [-0.3, -0.25) is 0 Å². The van der Waals surface area contributed by atoms with Crippen molar-refractivity contribution in [2.24, 2.45) is 0 Å². The highest BCUT2D eigenvalue weighted by molar-refractivity contribution is 7.27. The van der Waals surface area contributed by atoms with Crippen molar-refractivity contribution in [1.82, 2.24) is 24.9 Å². The van der Waals surface area contributed by atoms with Gasteiger partial charge in [-0.05, 0) is 48.5 Å². The normalized spacial score (nSPS) is 11.9. The Morgan fingerprint density at radius 2 is 0.860 bits per heavy atom. The van der Waals surface area contributed by atoms with Crippen molar-refractivity contribution in [2.45, 2.75) is 0 Å².